The highest BCUT2D eigenvalue weighted by atomic mass is 16.3. The Morgan fingerprint density at radius 2 is 2.03 bits per heavy atom. The van der Waals surface area contributed by atoms with Gasteiger partial charge in [0.15, 0.2) is 0 Å². The third-order valence-corrected chi connectivity index (χ3v) is 4.92. The quantitative estimate of drug-likeness (QED) is 0.545. The lowest BCUT2D eigenvalue weighted by Gasteiger charge is -2.21. The van der Waals surface area contributed by atoms with E-state index in [4.69, 9.17) is 5.73 Å². The summed E-state index contributed by atoms with van der Waals surface area (Å²) in [5.74, 6) is -0.160. The first kappa shape index (κ1) is 20.7. The van der Waals surface area contributed by atoms with Crippen LogP contribution in [-0.4, -0.2) is 47.4 Å². The predicted molar refractivity (Wildman–Crippen MR) is 117 cm³/mol. The molecule has 0 fully saturated rings. The lowest BCUT2D eigenvalue weighted by Crippen LogP contribution is -2.28. The van der Waals surface area contributed by atoms with Gasteiger partial charge in [0.1, 0.15) is 0 Å². The number of carbonyl (C=O) groups excluding carboxylic acids is 1. The molecule has 3 aromatic rings. The number of anilines is 2. The molecule has 0 saturated carbocycles. The number of carbonyl (C=O) groups is 1. The van der Waals surface area contributed by atoms with Gasteiger partial charge in [0.25, 0.3) is 5.91 Å². The molecular formula is C22H29N5O2. The van der Waals surface area contributed by atoms with E-state index in [9.17, 15) is 9.90 Å². The Morgan fingerprint density at radius 1 is 1.28 bits per heavy atom. The molecule has 0 bridgehead atoms. The van der Waals surface area contributed by atoms with Gasteiger partial charge in [-0.2, -0.15) is 5.10 Å². The van der Waals surface area contributed by atoms with Crippen LogP contribution in [0.15, 0.2) is 42.7 Å². The molecule has 0 aliphatic rings. The summed E-state index contributed by atoms with van der Waals surface area (Å²) in [5.41, 5.74) is 10.4. The summed E-state index contributed by atoms with van der Waals surface area (Å²) >= 11 is 0. The van der Waals surface area contributed by atoms with Gasteiger partial charge in [-0.25, -0.2) is 4.52 Å². The van der Waals surface area contributed by atoms with Crippen molar-refractivity contribution in [3.8, 4) is 11.1 Å². The van der Waals surface area contributed by atoms with Crippen molar-refractivity contribution in [2.45, 2.75) is 26.3 Å². The second-order valence-electron chi connectivity index (χ2n) is 7.95. The van der Waals surface area contributed by atoms with Crippen LogP contribution in [0.1, 0.15) is 30.6 Å². The van der Waals surface area contributed by atoms with Crippen LogP contribution in [0, 0.1) is 5.92 Å². The van der Waals surface area contributed by atoms with Crippen LogP contribution in [0.5, 0.6) is 0 Å². The van der Waals surface area contributed by atoms with Gasteiger partial charge in [0.05, 0.1) is 29.6 Å². The molecule has 0 saturated heterocycles. The first-order valence-electron chi connectivity index (χ1n) is 9.76. The standard InChI is InChI=1S/C22H29N5O2/c1-14(2)8-17(13-28)25-21-19(22(23)29)11-24-27-12-16(10-20(21)27)15-6-5-7-18(9-15)26(3)4/h5-7,9-12,14,17,25,28H,8,13H2,1-4H3,(H2,23,29). The van der Waals surface area contributed by atoms with E-state index in [1.54, 1.807) is 4.52 Å². The zero-order chi connectivity index (χ0) is 21.1. The molecule has 154 valence electrons. The van der Waals surface area contributed by atoms with Gasteiger partial charge in [-0.1, -0.05) is 26.0 Å². The van der Waals surface area contributed by atoms with Gasteiger partial charge in [0, 0.05) is 37.6 Å². The molecule has 3 rings (SSSR count). The molecule has 2 heterocycles. The summed E-state index contributed by atoms with van der Waals surface area (Å²) in [7, 11) is 4.00. The zero-order valence-corrected chi connectivity index (χ0v) is 17.4. The number of primary amides is 1. The van der Waals surface area contributed by atoms with Gasteiger partial charge in [-0.05, 0) is 36.1 Å². The van der Waals surface area contributed by atoms with Crippen LogP contribution in [-0.2, 0) is 0 Å². The Balaban J connectivity index is 2.10. The Morgan fingerprint density at radius 3 is 2.66 bits per heavy atom. The fourth-order valence-corrected chi connectivity index (χ4v) is 3.47. The molecule has 0 spiro atoms. The fraction of sp³-hybridized carbons (Fsp3) is 0.364. The molecule has 2 aromatic heterocycles. The van der Waals surface area contributed by atoms with Crippen molar-refractivity contribution >= 4 is 22.8 Å². The lowest BCUT2D eigenvalue weighted by molar-refractivity contribution is 0.100. The number of aromatic nitrogens is 2. The van der Waals surface area contributed by atoms with Crippen molar-refractivity contribution in [2.75, 3.05) is 30.9 Å². The van der Waals surface area contributed by atoms with Gasteiger partial charge in [0.2, 0.25) is 0 Å². The largest absolute Gasteiger partial charge is 0.394 e. The highest BCUT2D eigenvalue weighted by Crippen LogP contribution is 2.30. The van der Waals surface area contributed by atoms with Gasteiger partial charge < -0.3 is 21.1 Å². The van der Waals surface area contributed by atoms with Crippen LogP contribution in [0.4, 0.5) is 11.4 Å². The first-order chi connectivity index (χ1) is 13.8. The monoisotopic (exact) mass is 395 g/mol. The minimum Gasteiger partial charge on any atom is -0.394 e. The Labute approximate surface area is 171 Å². The van der Waals surface area contributed by atoms with Crippen molar-refractivity contribution in [3.05, 3.63) is 48.3 Å². The number of aliphatic hydroxyl groups is 1. The van der Waals surface area contributed by atoms with E-state index < -0.39 is 5.91 Å². The second kappa shape index (κ2) is 8.53. The number of benzene rings is 1. The van der Waals surface area contributed by atoms with E-state index >= 15 is 0 Å². The molecule has 1 amide bonds. The van der Waals surface area contributed by atoms with Crippen molar-refractivity contribution < 1.29 is 9.90 Å². The van der Waals surface area contributed by atoms with Crippen LogP contribution < -0.4 is 16.0 Å². The molecule has 7 heteroatoms. The zero-order valence-electron chi connectivity index (χ0n) is 17.4. The van der Waals surface area contributed by atoms with Crippen molar-refractivity contribution in [1.29, 1.82) is 0 Å². The molecule has 1 aromatic carbocycles. The summed E-state index contributed by atoms with van der Waals surface area (Å²) in [6.07, 6.45) is 4.17. The SMILES string of the molecule is CC(C)CC(CO)Nc1c(C(N)=O)cnn2cc(-c3cccc(N(C)C)c3)cc12. The fourth-order valence-electron chi connectivity index (χ4n) is 3.47. The lowest BCUT2D eigenvalue weighted by atomic mass is 10.0. The molecule has 4 N–H and O–H groups in total. The van der Waals surface area contributed by atoms with E-state index in [-0.39, 0.29) is 12.6 Å². The molecule has 0 aliphatic heterocycles. The molecular weight excluding hydrogens is 366 g/mol. The van der Waals surface area contributed by atoms with Gasteiger partial charge in [-0.15, -0.1) is 0 Å². The average Bonchev–Trinajstić information content (AvgIpc) is 3.11. The number of rotatable bonds is 8. The number of nitrogens with two attached hydrogens (primary N) is 1. The second-order valence-corrected chi connectivity index (χ2v) is 7.95. The van der Waals surface area contributed by atoms with Crippen molar-refractivity contribution in [2.24, 2.45) is 11.7 Å². The maximum atomic E-state index is 12.0. The minimum absolute atomic E-state index is 0.0384. The third kappa shape index (κ3) is 4.51. The average molecular weight is 396 g/mol. The molecule has 0 radical (unpaired) electrons. The number of hydrogen-bond donors (Lipinski definition) is 3. The third-order valence-electron chi connectivity index (χ3n) is 4.92. The van der Waals surface area contributed by atoms with Crippen molar-refractivity contribution in [1.82, 2.24) is 9.61 Å². The van der Waals surface area contributed by atoms with Crippen LogP contribution >= 0.6 is 0 Å². The molecule has 0 aliphatic carbocycles. The van der Waals surface area contributed by atoms with Crippen LogP contribution in [0.2, 0.25) is 0 Å². The highest BCUT2D eigenvalue weighted by Gasteiger charge is 2.19. The van der Waals surface area contributed by atoms with E-state index in [1.165, 1.54) is 6.20 Å². The number of aliphatic hydroxyl groups excluding tert-OH is 1. The smallest absolute Gasteiger partial charge is 0.252 e. The summed E-state index contributed by atoms with van der Waals surface area (Å²) in [5, 5.41) is 17.5. The molecule has 7 nitrogen and oxygen atoms in total. The maximum Gasteiger partial charge on any atom is 0.252 e. The summed E-state index contributed by atoms with van der Waals surface area (Å²) in [4.78, 5) is 14.1. The van der Waals surface area contributed by atoms with Crippen molar-refractivity contribution in [3.63, 3.8) is 0 Å². The maximum absolute atomic E-state index is 12.0. The molecule has 29 heavy (non-hydrogen) atoms. The number of nitrogens with zero attached hydrogens (tertiary/aromatic N) is 3. The Hall–Kier alpha value is -3.06. The number of amides is 1. The van der Waals surface area contributed by atoms with Gasteiger partial charge >= 0.3 is 0 Å². The van der Waals surface area contributed by atoms with E-state index in [1.807, 2.05) is 49.5 Å². The minimum atomic E-state index is -0.555. The number of fused-ring (bicyclic) bond motifs is 1. The summed E-state index contributed by atoms with van der Waals surface area (Å²) in [6.45, 7) is 4.15. The van der Waals surface area contributed by atoms with E-state index in [2.05, 4.69) is 30.3 Å². The highest BCUT2D eigenvalue weighted by molar-refractivity contribution is 6.02. The van der Waals surface area contributed by atoms with Crippen LogP contribution in [0.3, 0.4) is 0 Å². The molecule has 1 unspecified atom stereocenters. The van der Waals surface area contributed by atoms with Gasteiger partial charge in [-0.3, -0.25) is 4.79 Å². The van der Waals surface area contributed by atoms with E-state index in [0.29, 0.717) is 17.2 Å². The van der Waals surface area contributed by atoms with Crippen LogP contribution in [0.25, 0.3) is 16.6 Å². The number of nitrogens with one attached hydrogen (secondary N) is 1. The molecule has 1 atom stereocenters. The first-order valence-corrected chi connectivity index (χ1v) is 9.76. The Bertz CT molecular complexity index is 1010. The topological polar surface area (TPSA) is 95.9 Å². The Kier molecular flexibility index (Phi) is 6.08. The summed E-state index contributed by atoms with van der Waals surface area (Å²) < 4.78 is 1.73. The number of hydrogen-bond acceptors (Lipinski definition) is 5. The predicted octanol–water partition coefficient (Wildman–Crippen LogP) is 2.99. The van der Waals surface area contributed by atoms with E-state index in [0.717, 1.165) is 28.8 Å². The summed E-state index contributed by atoms with van der Waals surface area (Å²) in [6, 6.07) is 10.0. The normalized spacial score (nSPS) is 12.3.